The largest absolute Gasteiger partial charge is 0.537 e. The molecule has 14 heavy (non-hydrogen) atoms. The van der Waals surface area contributed by atoms with Gasteiger partial charge in [0.2, 0.25) is 0 Å². The molecule has 0 spiro atoms. The number of ether oxygens (including phenoxy) is 2. The van der Waals surface area contributed by atoms with Gasteiger partial charge in [-0.1, -0.05) is 6.58 Å². The summed E-state index contributed by atoms with van der Waals surface area (Å²) in [6, 6.07) is 0. The summed E-state index contributed by atoms with van der Waals surface area (Å²) in [7, 11) is 0. The number of carbonyl (C=O) groups is 1. The molecule has 0 radical (unpaired) electrons. The molecule has 0 rings (SSSR count). The third kappa shape index (κ3) is 4.86. The van der Waals surface area contributed by atoms with Crippen molar-refractivity contribution in [3.8, 4) is 0 Å². The quantitative estimate of drug-likeness (QED) is 0.139. The van der Waals surface area contributed by atoms with Crippen molar-refractivity contribution in [1.82, 2.24) is 0 Å². The van der Waals surface area contributed by atoms with Crippen molar-refractivity contribution in [3.63, 3.8) is 0 Å². The van der Waals surface area contributed by atoms with Gasteiger partial charge in [-0.2, -0.15) is 0 Å². The van der Waals surface area contributed by atoms with Gasteiger partial charge in [0.15, 0.2) is 0 Å². The number of esters is 1. The summed E-state index contributed by atoms with van der Waals surface area (Å²) in [6.07, 6.45) is -0.878. The molecule has 0 aromatic carbocycles. The monoisotopic (exact) mass is 202 g/mol. The molecule has 7 heteroatoms. The summed E-state index contributed by atoms with van der Waals surface area (Å²) in [4.78, 5) is 10.7. The van der Waals surface area contributed by atoms with Crippen molar-refractivity contribution in [3.05, 3.63) is 23.8 Å². The fraction of sp³-hybridized carbons (Fsp3) is 0.429. The smallest absolute Gasteiger partial charge is 0.459 e. The Kier molecular flexibility index (Phi) is 4.90. The van der Waals surface area contributed by atoms with Gasteiger partial charge in [0.05, 0.1) is 0 Å². The average molecular weight is 202 g/mol. The maximum Gasteiger partial charge on any atom is 0.537 e. The van der Waals surface area contributed by atoms with Crippen LogP contribution >= 0.6 is 0 Å². The SMILES string of the molecule is C=C(C)C(=O)OCCOC(O)=[N+]([NH-])[NH-]. The summed E-state index contributed by atoms with van der Waals surface area (Å²) in [5.41, 5.74) is 0.265. The van der Waals surface area contributed by atoms with E-state index in [4.69, 9.17) is 16.8 Å². The van der Waals surface area contributed by atoms with Gasteiger partial charge in [0.25, 0.3) is 0 Å². The Balaban J connectivity index is 3.63. The Bertz CT molecular complexity index is 258. The van der Waals surface area contributed by atoms with Gasteiger partial charge in [0.1, 0.15) is 13.2 Å². The highest BCUT2D eigenvalue weighted by Crippen LogP contribution is 1.91. The van der Waals surface area contributed by atoms with Gasteiger partial charge in [-0.3, -0.25) is 4.79 Å². The molecule has 0 fully saturated rings. The van der Waals surface area contributed by atoms with E-state index in [-0.39, 0.29) is 23.6 Å². The van der Waals surface area contributed by atoms with Gasteiger partial charge in [-0.05, 0) is 6.92 Å². The predicted octanol–water partition coefficient (Wildman–Crippen LogP) is 0.983. The molecule has 0 bridgehead atoms. The molecule has 7 nitrogen and oxygen atoms in total. The Morgan fingerprint density at radius 3 is 2.36 bits per heavy atom. The first kappa shape index (κ1) is 12.1. The Labute approximate surface area is 81.1 Å². The lowest BCUT2D eigenvalue weighted by Gasteiger charge is -2.07. The van der Waals surface area contributed by atoms with Crippen LogP contribution in [0.25, 0.3) is 11.7 Å². The summed E-state index contributed by atoms with van der Waals surface area (Å²) in [5.74, 6) is 12.5. The molecule has 0 unspecified atom stereocenters. The molecule has 80 valence electrons. The molecule has 0 aromatic rings. The van der Waals surface area contributed by atoms with E-state index in [1.165, 1.54) is 6.92 Å². The van der Waals surface area contributed by atoms with Gasteiger partial charge < -0.3 is 26.3 Å². The van der Waals surface area contributed by atoms with E-state index in [2.05, 4.69) is 16.1 Å². The van der Waals surface area contributed by atoms with Crippen LogP contribution in [0.5, 0.6) is 0 Å². The van der Waals surface area contributed by atoms with Crippen molar-refractivity contribution in [2.75, 3.05) is 13.2 Å². The zero-order chi connectivity index (χ0) is 11.1. The van der Waals surface area contributed by atoms with Crippen LogP contribution in [0.2, 0.25) is 0 Å². The van der Waals surface area contributed by atoms with Crippen molar-refractivity contribution < 1.29 is 24.2 Å². The lowest BCUT2D eigenvalue weighted by molar-refractivity contribution is -0.405. The topological polar surface area (TPSA) is 106 Å². The zero-order valence-electron chi connectivity index (χ0n) is 7.74. The zero-order valence-corrected chi connectivity index (χ0v) is 7.74. The Hall–Kier alpha value is -1.92. The number of nitrogens with zero attached hydrogens (tertiary/aromatic N) is 1. The molecule has 3 N–H and O–H groups in total. The first-order chi connectivity index (χ1) is 6.45. The van der Waals surface area contributed by atoms with Crippen molar-refractivity contribution in [2.45, 2.75) is 6.92 Å². The molecule has 0 aliphatic rings. The standard InChI is InChI=1S/C7H12N3O4/c1-5(2)6(11)13-3-4-14-7(12)10(8)9/h1,3-4H2,2H3,(H3-,8,9,12)/q-1. The second kappa shape index (κ2) is 5.68. The van der Waals surface area contributed by atoms with Gasteiger partial charge >= 0.3 is 12.1 Å². The molecule has 0 aromatic heterocycles. The average Bonchev–Trinajstić information content (AvgIpc) is 2.11. The van der Waals surface area contributed by atoms with Gasteiger partial charge in [-0.25, -0.2) is 4.79 Å². The Morgan fingerprint density at radius 2 is 1.93 bits per heavy atom. The van der Waals surface area contributed by atoms with Crippen LogP contribution in [0.15, 0.2) is 12.2 Å². The molecule has 0 atom stereocenters. The van der Waals surface area contributed by atoms with Gasteiger partial charge in [-0.15, -0.1) is 0 Å². The molecular formula is C7H12N3O4-. The van der Waals surface area contributed by atoms with E-state index in [0.29, 0.717) is 0 Å². The highest BCUT2D eigenvalue weighted by molar-refractivity contribution is 5.86. The van der Waals surface area contributed by atoms with E-state index in [0.717, 1.165) is 0 Å². The molecule has 0 saturated carbocycles. The summed E-state index contributed by atoms with van der Waals surface area (Å²) in [5, 5.41) is 8.69. The predicted molar refractivity (Wildman–Crippen MR) is 48.3 cm³/mol. The van der Waals surface area contributed by atoms with Crippen molar-refractivity contribution in [1.29, 1.82) is 0 Å². The van der Waals surface area contributed by atoms with Crippen LogP contribution in [-0.4, -0.2) is 35.2 Å². The summed E-state index contributed by atoms with van der Waals surface area (Å²) >= 11 is 0. The second-order valence-electron chi connectivity index (χ2n) is 2.38. The van der Waals surface area contributed by atoms with E-state index in [1.54, 1.807) is 0 Å². The number of hydrogen-bond donors (Lipinski definition) is 1. The maximum atomic E-state index is 10.8. The Morgan fingerprint density at radius 1 is 1.43 bits per heavy atom. The van der Waals surface area contributed by atoms with Crippen LogP contribution in [0, 0.1) is 0 Å². The fourth-order valence-corrected chi connectivity index (χ4v) is 0.455. The number of nitrogens with one attached hydrogen (secondary N) is 2. The minimum Gasteiger partial charge on any atom is -0.459 e. The van der Waals surface area contributed by atoms with E-state index < -0.39 is 12.1 Å². The van der Waals surface area contributed by atoms with Crippen molar-refractivity contribution >= 4 is 12.1 Å². The van der Waals surface area contributed by atoms with E-state index in [1.807, 2.05) is 0 Å². The molecule has 0 saturated heterocycles. The molecule has 0 amide bonds. The van der Waals surface area contributed by atoms with Crippen molar-refractivity contribution in [2.24, 2.45) is 0 Å². The minimum atomic E-state index is -0.878. The van der Waals surface area contributed by atoms with E-state index in [9.17, 15) is 4.79 Å². The molecule has 0 heterocycles. The number of hydrogen-bond acceptors (Lipinski definition) is 3. The lowest BCUT2D eigenvalue weighted by Crippen LogP contribution is -2.17. The second-order valence-corrected chi connectivity index (χ2v) is 2.38. The number of aliphatic hydroxyl groups excluding tert-OH is 1. The highest BCUT2D eigenvalue weighted by atomic mass is 16.6. The molecular weight excluding hydrogens is 190 g/mol. The van der Waals surface area contributed by atoms with Crippen LogP contribution in [0.4, 0.5) is 0 Å². The lowest BCUT2D eigenvalue weighted by atomic mass is 10.4. The third-order valence-electron chi connectivity index (χ3n) is 1.09. The third-order valence-corrected chi connectivity index (χ3v) is 1.09. The van der Waals surface area contributed by atoms with Crippen LogP contribution < -0.4 is 0 Å². The number of carbonyl (C=O) groups excluding carboxylic acids is 1. The number of rotatable bonds is 4. The fourth-order valence-electron chi connectivity index (χ4n) is 0.455. The van der Waals surface area contributed by atoms with E-state index >= 15 is 0 Å². The van der Waals surface area contributed by atoms with Crippen LogP contribution in [0.3, 0.4) is 0 Å². The maximum absolute atomic E-state index is 10.8. The molecule has 0 aliphatic carbocycles. The summed E-state index contributed by atoms with van der Waals surface area (Å²) < 4.78 is 9.05. The first-order valence-corrected chi connectivity index (χ1v) is 3.69. The first-order valence-electron chi connectivity index (χ1n) is 3.69. The number of aliphatic hydroxyl groups is 1. The minimum absolute atomic E-state index is 0.0798. The molecule has 0 aliphatic heterocycles. The van der Waals surface area contributed by atoms with Crippen LogP contribution in [-0.2, 0) is 14.3 Å². The van der Waals surface area contributed by atoms with Crippen LogP contribution in [0.1, 0.15) is 6.92 Å². The summed E-state index contributed by atoms with van der Waals surface area (Å²) in [6.45, 7) is 4.66. The van der Waals surface area contributed by atoms with Gasteiger partial charge in [0, 0.05) is 5.57 Å². The highest BCUT2D eigenvalue weighted by Gasteiger charge is 2.04. The normalized spacial score (nSPS) is 8.93.